The first-order chi connectivity index (χ1) is 16.9. The third-order valence-corrected chi connectivity index (χ3v) is 7.95. The normalized spacial score (nSPS) is 17.8. The van der Waals surface area contributed by atoms with Crippen molar-refractivity contribution in [3.05, 3.63) is 57.4 Å². The van der Waals surface area contributed by atoms with Gasteiger partial charge in [0.15, 0.2) is 0 Å². The van der Waals surface area contributed by atoms with Crippen molar-refractivity contribution in [3.8, 4) is 0 Å². The average molecular weight is 555 g/mol. The van der Waals surface area contributed by atoms with Gasteiger partial charge in [-0.1, -0.05) is 35.9 Å². The molecule has 2 aliphatic heterocycles. The molecular weight excluding hydrogens is 528 g/mol. The molecule has 2 aromatic carbocycles. The zero-order chi connectivity index (χ0) is 24.5. The van der Waals surface area contributed by atoms with Gasteiger partial charge in [0.1, 0.15) is 0 Å². The number of benzene rings is 2. The molecule has 5 rings (SSSR count). The minimum Gasteiger partial charge on any atom is -1.00 e. The number of carbonyl (C=O) groups is 3. The van der Waals surface area contributed by atoms with E-state index in [4.69, 9.17) is 16.7 Å². The fourth-order valence-electron chi connectivity index (χ4n) is 4.86. The number of aromatic nitrogens is 1. The summed E-state index contributed by atoms with van der Waals surface area (Å²) in [6, 6.07) is 12.0. The monoisotopic (exact) mass is 554 g/mol. The van der Waals surface area contributed by atoms with Crippen LogP contribution in [0.25, 0.3) is 10.9 Å². The van der Waals surface area contributed by atoms with E-state index in [1.54, 1.807) is 17.6 Å². The van der Waals surface area contributed by atoms with E-state index in [1.165, 1.54) is 10.3 Å². The van der Waals surface area contributed by atoms with Gasteiger partial charge in [0.25, 0.3) is 0 Å². The van der Waals surface area contributed by atoms with Crippen LogP contribution in [0.5, 0.6) is 0 Å². The minimum atomic E-state index is -1.07. The molecule has 186 valence electrons. The number of halogens is 1. The molecule has 1 fully saturated rings. The van der Waals surface area contributed by atoms with E-state index in [-0.39, 0.29) is 71.8 Å². The second-order valence-electron chi connectivity index (χ2n) is 8.84. The molecule has 11 heteroatoms. The van der Waals surface area contributed by atoms with Gasteiger partial charge in [0.2, 0.25) is 11.8 Å². The molecule has 2 N–H and O–H groups in total. The molecular formula is C25H27CaClN4O4S. The summed E-state index contributed by atoms with van der Waals surface area (Å²) in [5, 5.41) is 14.1. The topological polar surface area (TPSA) is 103 Å². The summed E-state index contributed by atoms with van der Waals surface area (Å²) in [7, 11) is 0. The number of carboxylic acid groups (broad SMARTS) is 1. The van der Waals surface area contributed by atoms with Gasteiger partial charge in [-0.3, -0.25) is 19.3 Å². The van der Waals surface area contributed by atoms with Crippen molar-refractivity contribution in [3.63, 3.8) is 0 Å². The van der Waals surface area contributed by atoms with Gasteiger partial charge >= 0.3 is 43.7 Å². The average Bonchev–Trinajstić information content (AvgIpc) is 3.41. The number of rotatable bonds is 7. The van der Waals surface area contributed by atoms with Crippen molar-refractivity contribution in [1.29, 1.82) is 0 Å². The summed E-state index contributed by atoms with van der Waals surface area (Å²) in [6.07, 6.45) is 0.281. The maximum atomic E-state index is 12.5. The Kier molecular flexibility index (Phi) is 9.04. The van der Waals surface area contributed by atoms with Crippen LogP contribution in [0.15, 0.2) is 36.4 Å². The van der Waals surface area contributed by atoms with Gasteiger partial charge in [-0.05, 0) is 41.2 Å². The van der Waals surface area contributed by atoms with Crippen LogP contribution >= 0.6 is 23.1 Å². The number of imide groups is 1. The molecule has 0 bridgehead atoms. The minimum absolute atomic E-state index is 0. The Morgan fingerprint density at radius 2 is 2.06 bits per heavy atom. The third kappa shape index (κ3) is 5.62. The van der Waals surface area contributed by atoms with E-state index < -0.39 is 11.9 Å². The van der Waals surface area contributed by atoms with E-state index in [0.717, 1.165) is 47.7 Å². The van der Waals surface area contributed by atoms with Gasteiger partial charge in [-0.25, -0.2) is 4.90 Å². The molecule has 0 radical (unpaired) electrons. The number of carboxylic acids is 1. The van der Waals surface area contributed by atoms with Crippen molar-refractivity contribution in [2.45, 2.75) is 31.7 Å². The predicted octanol–water partition coefficient (Wildman–Crippen LogP) is 3.26. The van der Waals surface area contributed by atoms with E-state index in [2.05, 4.69) is 20.7 Å². The quantitative estimate of drug-likeness (QED) is 0.432. The van der Waals surface area contributed by atoms with Crippen LogP contribution in [0.4, 0.5) is 5.69 Å². The van der Waals surface area contributed by atoms with Crippen LogP contribution in [0.3, 0.4) is 0 Å². The maximum Gasteiger partial charge on any atom is 2.00 e. The summed E-state index contributed by atoms with van der Waals surface area (Å²) in [6.45, 7) is 3.47. The zero-order valence-corrected chi connectivity index (χ0v) is 23.5. The first-order valence-corrected chi connectivity index (χ1v) is 12.8. The fourth-order valence-corrected chi connectivity index (χ4v) is 6.09. The zero-order valence-electron chi connectivity index (χ0n) is 21.7. The van der Waals surface area contributed by atoms with E-state index >= 15 is 0 Å². The molecule has 0 spiro atoms. The van der Waals surface area contributed by atoms with Gasteiger partial charge in [-0.15, -0.1) is 0 Å². The fraction of sp³-hybridized carbons (Fsp3) is 0.360. The number of amides is 2. The maximum absolute atomic E-state index is 12.5. The molecule has 0 saturated carbocycles. The molecule has 3 aromatic rings. The SMILES string of the molecule is O=C(O)CCC(=O)N1C(=O)Cc2cc(CCN3CCNCC3c3snc4ccccc34)c(Cl)cc21.[Ca+2].[H-].[H-]. The van der Waals surface area contributed by atoms with E-state index in [1.807, 2.05) is 24.3 Å². The molecule has 8 nitrogen and oxygen atoms in total. The van der Waals surface area contributed by atoms with Gasteiger partial charge < -0.3 is 13.3 Å². The van der Waals surface area contributed by atoms with Crippen molar-refractivity contribution < 1.29 is 22.3 Å². The van der Waals surface area contributed by atoms with Crippen LogP contribution in [0.1, 0.15) is 37.7 Å². The van der Waals surface area contributed by atoms with Gasteiger partial charge in [0.05, 0.1) is 35.0 Å². The van der Waals surface area contributed by atoms with E-state index in [0.29, 0.717) is 17.1 Å². The van der Waals surface area contributed by atoms with Crippen LogP contribution in [-0.2, 0) is 27.2 Å². The second-order valence-corrected chi connectivity index (χ2v) is 10.0. The smallest absolute Gasteiger partial charge is 1.00 e. The summed E-state index contributed by atoms with van der Waals surface area (Å²) >= 11 is 8.16. The van der Waals surface area contributed by atoms with Gasteiger partial charge in [0, 0.05) is 43.0 Å². The number of hydrogen-bond donors (Lipinski definition) is 2. The van der Waals surface area contributed by atoms with Crippen molar-refractivity contribution in [2.24, 2.45) is 0 Å². The van der Waals surface area contributed by atoms with E-state index in [9.17, 15) is 14.4 Å². The Bertz CT molecular complexity index is 1330. The molecule has 36 heavy (non-hydrogen) atoms. The Morgan fingerprint density at radius 3 is 2.86 bits per heavy atom. The number of fused-ring (bicyclic) bond motifs is 2. The number of carbonyl (C=O) groups excluding carboxylic acids is 2. The Balaban J connectivity index is 0.00000169. The standard InChI is InChI=1S/C25H25ClN4O4S.Ca.2H/c26-18-13-20-16(12-23(32)30(20)22(31)5-6-24(33)34)11-15(18)7-9-29-10-8-27-14-21(29)25-17-3-1-2-4-19(17)28-35-25;;;/h1-4,11,13,21,27H,5-10,12,14H2,(H,33,34);;;/q;+2;2*-1. The van der Waals surface area contributed by atoms with Gasteiger partial charge in [-0.2, -0.15) is 4.37 Å². The number of piperazine rings is 1. The first kappa shape index (κ1) is 27.4. The Hall–Kier alpha value is -1.59. The molecule has 1 saturated heterocycles. The molecule has 3 heterocycles. The number of aliphatic carboxylic acids is 1. The number of hydrogen-bond acceptors (Lipinski definition) is 7. The number of nitrogens with one attached hydrogen (secondary N) is 1. The van der Waals surface area contributed by atoms with Crippen molar-refractivity contribution >= 4 is 95.2 Å². The van der Waals surface area contributed by atoms with Crippen LogP contribution < -0.4 is 10.2 Å². The summed E-state index contributed by atoms with van der Waals surface area (Å²) < 4.78 is 4.62. The van der Waals surface area contributed by atoms with Crippen molar-refractivity contribution in [1.82, 2.24) is 14.6 Å². The summed E-state index contributed by atoms with van der Waals surface area (Å²) in [5.41, 5.74) is 3.18. The Labute approximate surface area is 250 Å². The van der Waals surface area contributed by atoms with Crippen LogP contribution in [0, 0.1) is 0 Å². The molecule has 1 aromatic heterocycles. The molecule has 1 unspecified atom stereocenters. The van der Waals surface area contributed by atoms with Crippen LogP contribution in [0.2, 0.25) is 5.02 Å². The number of nitrogens with zero attached hydrogens (tertiary/aromatic N) is 3. The molecule has 2 amide bonds. The van der Waals surface area contributed by atoms with Crippen LogP contribution in [-0.4, -0.2) is 96.1 Å². The Morgan fingerprint density at radius 1 is 1.25 bits per heavy atom. The first-order valence-electron chi connectivity index (χ1n) is 11.6. The largest absolute Gasteiger partial charge is 2.00 e. The summed E-state index contributed by atoms with van der Waals surface area (Å²) in [4.78, 5) is 40.6. The molecule has 1 atom stereocenters. The predicted molar refractivity (Wildman–Crippen MR) is 143 cm³/mol. The number of anilines is 1. The second kappa shape index (κ2) is 11.9. The molecule has 2 aliphatic rings. The third-order valence-electron chi connectivity index (χ3n) is 6.62. The molecule has 0 aliphatic carbocycles. The van der Waals surface area contributed by atoms with Crippen molar-refractivity contribution in [2.75, 3.05) is 31.1 Å². The summed E-state index contributed by atoms with van der Waals surface area (Å²) in [5.74, 6) is -1.93.